The predicted molar refractivity (Wildman–Crippen MR) is 157 cm³/mol. The van der Waals surface area contributed by atoms with Gasteiger partial charge in [0.15, 0.2) is 0 Å². The number of carbonyl (C=O) groups is 2. The second-order valence-electron chi connectivity index (χ2n) is 9.73. The maximum atomic E-state index is 13.3. The molecule has 4 aromatic rings. The van der Waals surface area contributed by atoms with Crippen molar-refractivity contribution in [2.24, 2.45) is 0 Å². The van der Waals surface area contributed by atoms with Gasteiger partial charge in [0.25, 0.3) is 5.91 Å². The van der Waals surface area contributed by atoms with Crippen LogP contribution in [0.1, 0.15) is 69.4 Å². The van der Waals surface area contributed by atoms with Crippen LogP contribution < -0.4 is 10.1 Å². The van der Waals surface area contributed by atoms with Crippen LogP contribution in [0.15, 0.2) is 85.0 Å². The van der Waals surface area contributed by atoms with E-state index in [4.69, 9.17) is 21.3 Å². The molecule has 0 bridgehead atoms. The molecule has 8 heteroatoms. The second kappa shape index (κ2) is 11.8. The lowest BCUT2D eigenvalue weighted by Gasteiger charge is -2.27. The van der Waals surface area contributed by atoms with E-state index in [-0.39, 0.29) is 23.1 Å². The van der Waals surface area contributed by atoms with Gasteiger partial charge in [-0.3, -0.25) is 4.79 Å². The average Bonchev–Trinajstić information content (AvgIpc) is 3.40. The molecule has 1 aliphatic rings. The van der Waals surface area contributed by atoms with Crippen LogP contribution in [0, 0.1) is 0 Å². The molecule has 0 saturated carbocycles. The summed E-state index contributed by atoms with van der Waals surface area (Å²) in [4.78, 5) is 33.8. The van der Waals surface area contributed by atoms with Crippen LogP contribution in [0.25, 0.3) is 16.6 Å². The summed E-state index contributed by atoms with van der Waals surface area (Å²) in [6.07, 6.45) is 7.20. The van der Waals surface area contributed by atoms with Gasteiger partial charge in [-0.25, -0.2) is 9.78 Å². The first-order valence-electron chi connectivity index (χ1n) is 13.2. The highest BCUT2D eigenvalue weighted by atomic mass is 35.5. The van der Waals surface area contributed by atoms with Gasteiger partial charge >= 0.3 is 5.97 Å². The van der Waals surface area contributed by atoms with Crippen molar-refractivity contribution in [3.63, 3.8) is 0 Å². The molecule has 1 unspecified atom stereocenters. The van der Waals surface area contributed by atoms with E-state index >= 15 is 0 Å². The number of benzene rings is 3. The quantitative estimate of drug-likeness (QED) is 0.195. The maximum absolute atomic E-state index is 13.3. The fourth-order valence-electron chi connectivity index (χ4n) is 5.16. The molecule has 0 saturated heterocycles. The molecular formula is C32H30ClN3O4. The summed E-state index contributed by atoms with van der Waals surface area (Å²) in [5.41, 5.74) is 4.10. The number of methoxy groups -OCH3 is 1. The Hall–Kier alpha value is -4.36. The third kappa shape index (κ3) is 5.51. The normalized spacial score (nSPS) is 17.3. The van der Waals surface area contributed by atoms with Gasteiger partial charge in [0.05, 0.1) is 35.1 Å². The summed E-state index contributed by atoms with van der Waals surface area (Å²) in [7, 11) is 1.60. The number of carboxylic acid groups (broad SMARTS) is 1. The van der Waals surface area contributed by atoms with Crippen molar-refractivity contribution in [2.45, 2.75) is 37.1 Å². The summed E-state index contributed by atoms with van der Waals surface area (Å²) in [6, 6.07) is 19.9. The highest BCUT2D eigenvalue weighted by Gasteiger charge is 2.32. The Balaban J connectivity index is 1.49. The van der Waals surface area contributed by atoms with Crippen LogP contribution in [-0.4, -0.2) is 39.4 Å². The Morgan fingerprint density at radius 2 is 1.93 bits per heavy atom. The van der Waals surface area contributed by atoms with E-state index < -0.39 is 17.3 Å². The molecule has 1 amide bonds. The van der Waals surface area contributed by atoms with Gasteiger partial charge in [0, 0.05) is 23.1 Å². The van der Waals surface area contributed by atoms with E-state index in [0.717, 1.165) is 35.0 Å². The number of hydrogen-bond acceptors (Lipinski definition) is 4. The smallest absolute Gasteiger partial charge is 0.336 e. The van der Waals surface area contributed by atoms with Crippen LogP contribution in [0.5, 0.6) is 5.75 Å². The van der Waals surface area contributed by atoms with Crippen molar-refractivity contribution < 1.29 is 19.4 Å². The molecule has 40 heavy (non-hydrogen) atoms. The van der Waals surface area contributed by atoms with E-state index in [9.17, 15) is 14.7 Å². The zero-order chi connectivity index (χ0) is 28.2. The van der Waals surface area contributed by atoms with E-state index in [1.165, 1.54) is 6.07 Å². The van der Waals surface area contributed by atoms with Gasteiger partial charge < -0.3 is 20.1 Å². The summed E-state index contributed by atoms with van der Waals surface area (Å²) in [5.74, 6) is -0.683. The minimum atomic E-state index is -1.13. The number of hydrogen-bond donors (Lipinski definition) is 3. The van der Waals surface area contributed by atoms with E-state index in [1.54, 1.807) is 19.2 Å². The Bertz CT molecular complexity index is 1610. The Labute approximate surface area is 237 Å². The van der Waals surface area contributed by atoms with Crippen molar-refractivity contribution in [3.8, 4) is 5.75 Å². The SMILES string of the molecule is CCC[C@@H](NC(=O)c1ccc(C2C(c3nc4ccc(OC)cc4[nH]3)=CC=C[C@@H]2Cl)c(C(=O)O)c1)c1ccccc1. The van der Waals surface area contributed by atoms with Crippen molar-refractivity contribution in [1.82, 2.24) is 15.3 Å². The number of nitrogens with one attached hydrogen (secondary N) is 2. The molecule has 0 spiro atoms. The standard InChI is InChI=1S/C32H30ClN3O4/c1-3-8-26(19-9-5-4-6-10-19)36-31(37)20-13-15-22(24(17-20)32(38)39)29-23(11-7-12-25(29)33)30-34-27-16-14-21(40-2)18-28(27)35-30/h4-7,9-18,25-26,29H,3,8H2,1-2H3,(H,34,35)(H,36,37)(H,38,39)/t25-,26+,29?/m0/s1. The predicted octanol–water partition coefficient (Wildman–Crippen LogP) is 6.89. The highest BCUT2D eigenvalue weighted by molar-refractivity contribution is 6.23. The number of fused-ring (bicyclic) bond motifs is 1. The number of aromatic carboxylic acids is 1. The lowest BCUT2D eigenvalue weighted by Crippen LogP contribution is -2.29. The fourth-order valence-corrected chi connectivity index (χ4v) is 5.52. The van der Waals surface area contributed by atoms with E-state index in [0.29, 0.717) is 17.1 Å². The summed E-state index contributed by atoms with van der Waals surface area (Å²) in [5, 5.41) is 12.8. The number of alkyl halides is 1. The third-order valence-corrected chi connectivity index (χ3v) is 7.55. The number of rotatable bonds is 9. The largest absolute Gasteiger partial charge is 0.497 e. The topological polar surface area (TPSA) is 104 Å². The number of amides is 1. The first kappa shape index (κ1) is 27.2. The number of aromatic amines is 1. The number of ether oxygens (including phenoxy) is 1. The number of carboxylic acids is 1. The van der Waals surface area contributed by atoms with Crippen LogP contribution >= 0.6 is 11.6 Å². The summed E-state index contributed by atoms with van der Waals surface area (Å²) < 4.78 is 5.33. The van der Waals surface area contributed by atoms with Gasteiger partial charge in [-0.15, -0.1) is 11.6 Å². The number of imidazole rings is 1. The fraction of sp³-hybridized carbons (Fsp3) is 0.219. The van der Waals surface area contributed by atoms with Crippen LogP contribution in [0.3, 0.4) is 0 Å². The number of nitrogens with zero attached hydrogens (tertiary/aromatic N) is 1. The first-order chi connectivity index (χ1) is 19.4. The summed E-state index contributed by atoms with van der Waals surface area (Å²) >= 11 is 6.80. The Kier molecular flexibility index (Phi) is 8.03. The molecule has 3 aromatic carbocycles. The van der Waals surface area contributed by atoms with Crippen LogP contribution in [-0.2, 0) is 0 Å². The molecule has 0 radical (unpaired) electrons. The van der Waals surface area contributed by atoms with Crippen molar-refractivity contribution >= 4 is 40.1 Å². The zero-order valence-corrected chi connectivity index (χ0v) is 23.0. The van der Waals surface area contributed by atoms with E-state index in [2.05, 4.69) is 17.2 Å². The van der Waals surface area contributed by atoms with Gasteiger partial charge in [0.1, 0.15) is 11.6 Å². The lowest BCUT2D eigenvalue weighted by atomic mass is 9.81. The van der Waals surface area contributed by atoms with Crippen LogP contribution in [0.2, 0.25) is 0 Å². The Morgan fingerprint density at radius 3 is 2.65 bits per heavy atom. The Morgan fingerprint density at radius 1 is 1.12 bits per heavy atom. The molecule has 3 N–H and O–H groups in total. The minimum absolute atomic E-state index is 0.0223. The number of carbonyl (C=O) groups excluding carboxylic acids is 1. The molecule has 7 nitrogen and oxygen atoms in total. The number of halogens is 1. The molecule has 0 aliphatic heterocycles. The second-order valence-corrected chi connectivity index (χ2v) is 10.2. The average molecular weight is 556 g/mol. The number of allylic oxidation sites excluding steroid dienone is 4. The van der Waals surface area contributed by atoms with E-state index in [1.807, 2.05) is 66.8 Å². The first-order valence-corrected chi connectivity index (χ1v) is 13.6. The van der Waals surface area contributed by atoms with Gasteiger partial charge in [-0.1, -0.05) is 68.0 Å². The zero-order valence-electron chi connectivity index (χ0n) is 22.2. The van der Waals surface area contributed by atoms with Crippen LogP contribution in [0.4, 0.5) is 0 Å². The maximum Gasteiger partial charge on any atom is 0.336 e. The molecule has 3 atom stereocenters. The number of H-pyrrole nitrogens is 1. The van der Waals surface area contributed by atoms with Crippen molar-refractivity contribution in [1.29, 1.82) is 0 Å². The lowest BCUT2D eigenvalue weighted by molar-refractivity contribution is 0.0695. The summed E-state index contributed by atoms with van der Waals surface area (Å²) in [6.45, 7) is 2.06. The molecular weight excluding hydrogens is 526 g/mol. The molecule has 1 aliphatic carbocycles. The van der Waals surface area contributed by atoms with Gasteiger partial charge in [0.2, 0.25) is 0 Å². The van der Waals surface area contributed by atoms with Crippen molar-refractivity contribution in [3.05, 3.63) is 113 Å². The molecule has 1 aromatic heterocycles. The molecule has 1 heterocycles. The number of aromatic nitrogens is 2. The molecule has 204 valence electrons. The highest BCUT2D eigenvalue weighted by Crippen LogP contribution is 2.41. The molecule has 5 rings (SSSR count). The molecule has 0 fully saturated rings. The van der Waals surface area contributed by atoms with Gasteiger partial charge in [-0.2, -0.15) is 0 Å². The third-order valence-electron chi connectivity index (χ3n) is 7.15. The van der Waals surface area contributed by atoms with Gasteiger partial charge in [-0.05, 0) is 41.8 Å². The minimum Gasteiger partial charge on any atom is -0.497 e. The van der Waals surface area contributed by atoms with Crippen molar-refractivity contribution in [2.75, 3.05) is 7.11 Å². The monoisotopic (exact) mass is 555 g/mol.